The van der Waals surface area contributed by atoms with E-state index in [1.165, 1.54) is 0 Å². The number of alkyl halides is 3. The number of hydrogen-bond acceptors (Lipinski definition) is 5. The molecule has 1 atom stereocenters. The Morgan fingerprint density at radius 3 is 2.93 bits per heavy atom. The van der Waals surface area contributed by atoms with Crippen LogP contribution in [0.5, 0.6) is 0 Å². The molecule has 1 amide bonds. The standard InChI is InChI=1S/C20H15F3N4O2S/c21-20(22,23)15-9-30-16(26-15)8-17(28)27-6-5-12-18(25-10-24-12)19(27)14-7-11-3-1-2-4-13(11)29-14/h1-4,7,9-10,19H,5-6,8H2,(H,24,25)/t19-/m1/s1. The number of fused-ring (bicyclic) bond motifs is 2. The van der Waals surface area contributed by atoms with E-state index >= 15 is 0 Å². The monoisotopic (exact) mass is 432 g/mol. The normalized spacial score (nSPS) is 16.8. The minimum Gasteiger partial charge on any atom is -0.458 e. The molecule has 4 heterocycles. The fourth-order valence-electron chi connectivity index (χ4n) is 3.72. The molecule has 0 fully saturated rings. The topological polar surface area (TPSA) is 75.0 Å². The number of halogens is 3. The Morgan fingerprint density at radius 1 is 1.33 bits per heavy atom. The van der Waals surface area contributed by atoms with Gasteiger partial charge in [0.25, 0.3) is 0 Å². The third-order valence-corrected chi connectivity index (χ3v) is 5.95. The maximum atomic E-state index is 13.1. The van der Waals surface area contributed by atoms with Crippen LogP contribution in [-0.2, 0) is 23.8 Å². The van der Waals surface area contributed by atoms with Crippen LogP contribution < -0.4 is 0 Å². The van der Waals surface area contributed by atoms with Crippen LogP contribution in [0, 0.1) is 0 Å². The van der Waals surface area contributed by atoms with Crippen molar-refractivity contribution in [2.45, 2.75) is 25.1 Å². The highest BCUT2D eigenvalue weighted by atomic mass is 32.1. The van der Waals surface area contributed by atoms with Crippen molar-refractivity contribution in [1.29, 1.82) is 0 Å². The van der Waals surface area contributed by atoms with Crippen LogP contribution in [0.25, 0.3) is 11.0 Å². The van der Waals surface area contributed by atoms with E-state index in [2.05, 4.69) is 15.0 Å². The second-order valence-corrected chi connectivity index (χ2v) is 7.94. The van der Waals surface area contributed by atoms with Gasteiger partial charge in [-0.3, -0.25) is 4.79 Å². The van der Waals surface area contributed by atoms with Gasteiger partial charge in [-0.2, -0.15) is 13.2 Å². The van der Waals surface area contributed by atoms with E-state index in [1.807, 2.05) is 30.3 Å². The highest BCUT2D eigenvalue weighted by Gasteiger charge is 2.37. The first-order valence-corrected chi connectivity index (χ1v) is 10.1. The van der Waals surface area contributed by atoms with Gasteiger partial charge in [-0.25, -0.2) is 9.97 Å². The number of thiazole rings is 1. The highest BCUT2D eigenvalue weighted by molar-refractivity contribution is 7.09. The average Bonchev–Trinajstić information content (AvgIpc) is 3.44. The number of nitrogens with one attached hydrogen (secondary N) is 1. The summed E-state index contributed by atoms with van der Waals surface area (Å²) in [4.78, 5) is 25.8. The Hall–Kier alpha value is -3.14. The molecule has 1 aromatic carbocycles. The average molecular weight is 432 g/mol. The Morgan fingerprint density at radius 2 is 2.17 bits per heavy atom. The number of hydrogen-bond donors (Lipinski definition) is 1. The number of rotatable bonds is 3. The quantitative estimate of drug-likeness (QED) is 0.522. The summed E-state index contributed by atoms with van der Waals surface area (Å²) in [6.45, 7) is 0.396. The first-order chi connectivity index (χ1) is 14.4. The fourth-order valence-corrected chi connectivity index (χ4v) is 4.52. The van der Waals surface area contributed by atoms with Crippen molar-refractivity contribution < 1.29 is 22.4 Å². The smallest absolute Gasteiger partial charge is 0.434 e. The minimum absolute atomic E-state index is 0.128. The first kappa shape index (κ1) is 18.9. The zero-order valence-electron chi connectivity index (χ0n) is 15.4. The van der Waals surface area contributed by atoms with Crippen LogP contribution in [0.15, 0.2) is 46.5 Å². The molecule has 4 aromatic rings. The van der Waals surface area contributed by atoms with Gasteiger partial charge in [0.1, 0.15) is 22.4 Å². The van der Waals surface area contributed by atoms with Gasteiger partial charge in [0.15, 0.2) is 5.69 Å². The molecule has 5 rings (SSSR count). The Labute approximate surface area is 172 Å². The van der Waals surface area contributed by atoms with E-state index in [0.717, 1.165) is 27.8 Å². The number of imidazole rings is 1. The number of H-pyrrole nitrogens is 1. The molecule has 0 saturated heterocycles. The fraction of sp³-hybridized carbons (Fsp3) is 0.250. The highest BCUT2D eigenvalue weighted by Crippen LogP contribution is 2.37. The molecule has 154 valence electrons. The van der Waals surface area contributed by atoms with Crippen LogP contribution in [-0.4, -0.2) is 32.3 Å². The number of nitrogens with zero attached hydrogens (tertiary/aromatic N) is 3. The molecule has 1 aliphatic heterocycles. The molecule has 3 aromatic heterocycles. The lowest BCUT2D eigenvalue weighted by Crippen LogP contribution is -2.41. The largest absolute Gasteiger partial charge is 0.458 e. The van der Waals surface area contributed by atoms with Gasteiger partial charge >= 0.3 is 6.18 Å². The summed E-state index contributed by atoms with van der Waals surface area (Å²) in [5.74, 6) is 0.241. The molecule has 30 heavy (non-hydrogen) atoms. The van der Waals surface area contributed by atoms with Gasteiger partial charge in [-0.15, -0.1) is 11.3 Å². The number of carbonyl (C=O) groups excluding carboxylic acids is 1. The van der Waals surface area contributed by atoms with Crippen molar-refractivity contribution in [3.63, 3.8) is 0 Å². The summed E-state index contributed by atoms with van der Waals surface area (Å²) >= 11 is 0.833. The van der Waals surface area contributed by atoms with Gasteiger partial charge in [0, 0.05) is 29.4 Å². The van der Waals surface area contributed by atoms with E-state index in [4.69, 9.17) is 4.42 Å². The molecule has 0 aliphatic carbocycles. The van der Waals surface area contributed by atoms with Crippen molar-refractivity contribution >= 4 is 28.2 Å². The van der Waals surface area contributed by atoms with E-state index < -0.39 is 17.9 Å². The number of aromatic nitrogens is 3. The van der Waals surface area contributed by atoms with Gasteiger partial charge in [-0.1, -0.05) is 18.2 Å². The molecule has 0 bridgehead atoms. The molecule has 10 heteroatoms. The molecular formula is C20H15F3N4O2S. The van der Waals surface area contributed by atoms with Crippen LogP contribution >= 0.6 is 11.3 Å². The predicted octanol–water partition coefficient (Wildman–Crippen LogP) is 4.35. The number of furan rings is 1. The van der Waals surface area contributed by atoms with E-state index in [0.29, 0.717) is 30.0 Å². The Balaban J connectivity index is 1.48. The Kier molecular flexibility index (Phi) is 4.39. The number of para-hydroxylation sites is 1. The molecule has 0 radical (unpaired) electrons. The van der Waals surface area contributed by atoms with Crippen LogP contribution in [0.3, 0.4) is 0 Å². The summed E-state index contributed by atoms with van der Waals surface area (Å²) in [7, 11) is 0. The molecule has 6 nitrogen and oxygen atoms in total. The lowest BCUT2D eigenvalue weighted by atomic mass is 10.00. The number of amides is 1. The molecule has 1 N–H and O–H groups in total. The van der Waals surface area contributed by atoms with Gasteiger partial charge in [-0.05, 0) is 12.1 Å². The van der Waals surface area contributed by atoms with Gasteiger partial charge in [0.2, 0.25) is 5.91 Å². The lowest BCUT2D eigenvalue weighted by molar-refractivity contribution is -0.141. The first-order valence-electron chi connectivity index (χ1n) is 9.22. The van der Waals surface area contributed by atoms with Crippen molar-refractivity contribution in [2.24, 2.45) is 0 Å². The van der Waals surface area contributed by atoms with Crippen molar-refractivity contribution in [1.82, 2.24) is 19.9 Å². The molecule has 1 aliphatic rings. The summed E-state index contributed by atoms with van der Waals surface area (Å²) < 4.78 is 44.5. The van der Waals surface area contributed by atoms with E-state index in [-0.39, 0.29) is 17.3 Å². The second kappa shape index (κ2) is 6.98. The maximum Gasteiger partial charge on any atom is 0.434 e. The van der Waals surface area contributed by atoms with Crippen LogP contribution in [0.4, 0.5) is 13.2 Å². The van der Waals surface area contributed by atoms with Crippen LogP contribution in [0.2, 0.25) is 0 Å². The van der Waals surface area contributed by atoms with Crippen molar-refractivity contribution in [2.75, 3.05) is 6.54 Å². The minimum atomic E-state index is -4.52. The lowest BCUT2D eigenvalue weighted by Gasteiger charge is -2.33. The summed E-state index contributed by atoms with van der Waals surface area (Å²) in [6.07, 6.45) is -2.59. The third-order valence-electron chi connectivity index (χ3n) is 5.10. The summed E-state index contributed by atoms with van der Waals surface area (Å²) in [5, 5.41) is 1.96. The predicted molar refractivity (Wildman–Crippen MR) is 103 cm³/mol. The van der Waals surface area contributed by atoms with E-state index in [9.17, 15) is 18.0 Å². The zero-order valence-corrected chi connectivity index (χ0v) is 16.3. The second-order valence-electron chi connectivity index (χ2n) is 6.99. The summed E-state index contributed by atoms with van der Waals surface area (Å²) in [6, 6.07) is 8.83. The maximum absolute atomic E-state index is 13.1. The number of aromatic amines is 1. The van der Waals surface area contributed by atoms with Crippen LogP contribution in [0.1, 0.15) is 33.9 Å². The van der Waals surface area contributed by atoms with Crippen molar-refractivity contribution in [3.05, 3.63) is 69.9 Å². The summed E-state index contributed by atoms with van der Waals surface area (Å²) in [5.41, 5.74) is 1.32. The molecular weight excluding hydrogens is 417 g/mol. The third kappa shape index (κ3) is 3.26. The molecule has 0 saturated carbocycles. The van der Waals surface area contributed by atoms with Crippen molar-refractivity contribution in [3.8, 4) is 0 Å². The van der Waals surface area contributed by atoms with Gasteiger partial charge < -0.3 is 14.3 Å². The zero-order chi connectivity index (χ0) is 20.9. The van der Waals surface area contributed by atoms with Gasteiger partial charge in [0.05, 0.1) is 18.4 Å². The Bertz CT molecular complexity index is 1190. The molecule has 0 unspecified atom stereocenters. The van der Waals surface area contributed by atoms with E-state index in [1.54, 1.807) is 11.2 Å². The SMILES string of the molecule is O=C(Cc1nc(C(F)(F)F)cs1)N1CCc2[nH]cnc2[C@H]1c1cc2ccccc2o1. The molecule has 0 spiro atoms. The number of benzene rings is 1. The number of carbonyl (C=O) groups is 1.